The molecule has 3 amide bonds. The topological polar surface area (TPSA) is 91.0 Å². The number of carbonyl (C=O) groups is 3. The molecule has 3 fully saturated rings. The number of halogens is 1. The quantitative estimate of drug-likeness (QED) is 0.387. The van der Waals surface area contributed by atoms with Crippen LogP contribution in [0.4, 0.5) is 5.69 Å². The Morgan fingerprint density at radius 3 is 2.50 bits per heavy atom. The third-order valence-corrected chi connectivity index (χ3v) is 9.46. The van der Waals surface area contributed by atoms with Crippen molar-refractivity contribution in [2.24, 2.45) is 11.8 Å². The highest BCUT2D eigenvalue weighted by Crippen LogP contribution is 2.55. The summed E-state index contributed by atoms with van der Waals surface area (Å²) in [5.41, 5.74) is 0.344. The lowest BCUT2D eigenvalue weighted by Gasteiger charge is -2.35. The Morgan fingerprint density at radius 1 is 1.10 bits per heavy atom. The Balaban J connectivity index is 1.41. The van der Waals surface area contributed by atoms with Crippen molar-refractivity contribution in [3.63, 3.8) is 0 Å². The molecule has 3 aliphatic heterocycles. The molecule has 0 unspecified atom stereocenters. The van der Waals surface area contributed by atoms with Crippen LogP contribution in [-0.4, -0.2) is 77.5 Å². The lowest BCUT2D eigenvalue weighted by Crippen LogP contribution is -2.57. The number of carbonyl (C=O) groups excluding carboxylic acids is 3. The number of fused-ring (bicyclic) bond motifs is 1. The predicted octanol–water partition coefficient (Wildman–Crippen LogP) is 4.31. The van der Waals surface area contributed by atoms with E-state index >= 15 is 0 Å². The van der Waals surface area contributed by atoms with Gasteiger partial charge in [-0.1, -0.05) is 62.9 Å². The van der Waals surface area contributed by atoms with Gasteiger partial charge in [-0.3, -0.25) is 14.4 Å². The van der Waals surface area contributed by atoms with E-state index in [1.54, 1.807) is 17.0 Å². The monoisotopic (exact) mass is 570 g/mol. The maximum atomic E-state index is 14.2. The molecule has 1 aliphatic carbocycles. The van der Waals surface area contributed by atoms with Crippen LogP contribution in [0, 0.1) is 18.8 Å². The van der Waals surface area contributed by atoms with Crippen LogP contribution in [0.5, 0.6) is 0 Å². The smallest absolute Gasteiger partial charge is 0.246 e. The molecule has 1 aromatic carbocycles. The van der Waals surface area contributed by atoms with E-state index in [0.717, 1.165) is 57.2 Å². The predicted molar refractivity (Wildman–Crippen MR) is 156 cm³/mol. The number of benzene rings is 1. The van der Waals surface area contributed by atoms with Gasteiger partial charge in [0.15, 0.2) is 0 Å². The van der Waals surface area contributed by atoms with Crippen LogP contribution in [0.1, 0.15) is 64.4 Å². The first-order valence-corrected chi connectivity index (χ1v) is 15.4. The largest absolute Gasteiger partial charge is 0.359 e. The summed E-state index contributed by atoms with van der Waals surface area (Å²) in [6.45, 7) is 9.17. The normalized spacial score (nSPS) is 29.3. The Kier molecular flexibility index (Phi) is 8.88. The number of ether oxygens (including phenoxy) is 1. The lowest BCUT2D eigenvalue weighted by molar-refractivity contribution is -0.141. The zero-order valence-corrected chi connectivity index (χ0v) is 24.7. The molecule has 2 saturated heterocycles. The second-order valence-electron chi connectivity index (χ2n) is 11.9. The number of hydrogen-bond donors (Lipinski definition) is 2. The molecule has 2 N–H and O–H groups in total. The Morgan fingerprint density at radius 2 is 1.82 bits per heavy atom. The lowest BCUT2D eigenvalue weighted by atomic mass is 9.74. The van der Waals surface area contributed by atoms with E-state index in [0.29, 0.717) is 23.8 Å². The average Bonchev–Trinajstić information content (AvgIpc) is 3.57. The second kappa shape index (κ2) is 12.2. The standard InChI is InChI=1S/C31H43ClN4O4/c1-4-15-35(16-5-2)17-18-36-27(29(38)33-21-9-7-6-8-10-21)31-14-13-24(40-31)25(26(31)30(36)39)28(37)34-22-12-11-20(3)23(32)19-22/h11-14,19,21,24-27H,4-10,15-18H2,1-3H3,(H,33,38)(H,34,37)/t24-,25+,26-,27+,31-/m0/s1. The summed E-state index contributed by atoms with van der Waals surface area (Å²) in [7, 11) is 0. The van der Waals surface area contributed by atoms with Crippen molar-refractivity contribution in [3.8, 4) is 0 Å². The van der Waals surface area contributed by atoms with Crippen LogP contribution >= 0.6 is 11.6 Å². The highest BCUT2D eigenvalue weighted by atomic mass is 35.5. The molecule has 218 valence electrons. The van der Waals surface area contributed by atoms with Gasteiger partial charge in [-0.15, -0.1) is 0 Å². The molecular weight excluding hydrogens is 528 g/mol. The molecule has 8 nitrogen and oxygen atoms in total. The highest BCUT2D eigenvalue weighted by Gasteiger charge is 2.72. The summed E-state index contributed by atoms with van der Waals surface area (Å²) < 4.78 is 6.49. The van der Waals surface area contributed by atoms with Gasteiger partial charge in [0, 0.05) is 29.8 Å². The van der Waals surface area contributed by atoms with Gasteiger partial charge in [0.2, 0.25) is 17.7 Å². The van der Waals surface area contributed by atoms with Gasteiger partial charge in [0.05, 0.1) is 17.9 Å². The number of aryl methyl sites for hydroxylation is 1. The summed E-state index contributed by atoms with van der Waals surface area (Å²) in [4.78, 5) is 45.9. The molecule has 3 heterocycles. The summed E-state index contributed by atoms with van der Waals surface area (Å²) in [5.74, 6) is -2.12. The van der Waals surface area contributed by atoms with Crippen molar-refractivity contribution in [1.82, 2.24) is 15.1 Å². The van der Waals surface area contributed by atoms with Crippen molar-refractivity contribution in [2.75, 3.05) is 31.5 Å². The number of anilines is 1. The molecule has 5 rings (SSSR count). The fraction of sp³-hybridized carbons (Fsp3) is 0.645. The maximum absolute atomic E-state index is 14.2. The van der Waals surface area contributed by atoms with E-state index in [1.165, 1.54) is 6.42 Å². The zero-order valence-electron chi connectivity index (χ0n) is 24.0. The molecule has 1 saturated carbocycles. The number of rotatable bonds is 11. The number of hydrogen-bond acceptors (Lipinski definition) is 5. The van der Waals surface area contributed by atoms with Crippen molar-refractivity contribution in [1.29, 1.82) is 0 Å². The summed E-state index contributed by atoms with van der Waals surface area (Å²) in [6, 6.07) is 4.68. The summed E-state index contributed by atoms with van der Waals surface area (Å²) in [6.07, 6.45) is 10.5. The fourth-order valence-electron chi connectivity index (χ4n) is 7.15. The molecule has 2 bridgehead atoms. The first-order valence-electron chi connectivity index (χ1n) is 15.1. The van der Waals surface area contributed by atoms with E-state index in [1.807, 2.05) is 25.1 Å². The van der Waals surface area contributed by atoms with Crippen LogP contribution in [0.25, 0.3) is 0 Å². The molecule has 9 heteroatoms. The van der Waals surface area contributed by atoms with Crippen LogP contribution < -0.4 is 10.6 Å². The fourth-order valence-corrected chi connectivity index (χ4v) is 7.33. The van der Waals surface area contributed by atoms with Gasteiger partial charge < -0.3 is 25.2 Å². The van der Waals surface area contributed by atoms with Crippen LogP contribution in [-0.2, 0) is 19.1 Å². The molecule has 1 aromatic rings. The Labute approximate surface area is 242 Å². The first-order chi connectivity index (χ1) is 19.3. The third kappa shape index (κ3) is 5.42. The summed E-state index contributed by atoms with van der Waals surface area (Å²) >= 11 is 6.29. The number of nitrogens with one attached hydrogen (secondary N) is 2. The van der Waals surface area contributed by atoms with E-state index in [2.05, 4.69) is 29.4 Å². The van der Waals surface area contributed by atoms with E-state index in [9.17, 15) is 14.4 Å². The Hall–Kier alpha value is -2.42. The second-order valence-corrected chi connectivity index (χ2v) is 12.3. The minimum atomic E-state index is -1.15. The Bertz CT molecular complexity index is 1150. The third-order valence-electron chi connectivity index (χ3n) is 9.05. The van der Waals surface area contributed by atoms with E-state index in [-0.39, 0.29) is 23.8 Å². The van der Waals surface area contributed by atoms with Crippen molar-refractivity contribution < 1.29 is 19.1 Å². The average molecular weight is 571 g/mol. The number of nitrogens with zero attached hydrogens (tertiary/aromatic N) is 2. The highest BCUT2D eigenvalue weighted by molar-refractivity contribution is 6.31. The molecule has 5 atom stereocenters. The van der Waals surface area contributed by atoms with Crippen molar-refractivity contribution in [2.45, 2.75) is 89.5 Å². The van der Waals surface area contributed by atoms with Gasteiger partial charge in [-0.05, 0) is 63.4 Å². The summed E-state index contributed by atoms with van der Waals surface area (Å²) in [5, 5.41) is 6.78. The molecular formula is C31H43ClN4O4. The van der Waals surface area contributed by atoms with Crippen LogP contribution in [0.3, 0.4) is 0 Å². The minimum Gasteiger partial charge on any atom is -0.359 e. The van der Waals surface area contributed by atoms with Gasteiger partial charge >= 0.3 is 0 Å². The minimum absolute atomic E-state index is 0.110. The zero-order chi connectivity index (χ0) is 28.4. The number of amides is 3. The van der Waals surface area contributed by atoms with Gasteiger partial charge in [0.25, 0.3) is 0 Å². The molecule has 0 radical (unpaired) electrons. The van der Waals surface area contributed by atoms with E-state index in [4.69, 9.17) is 16.3 Å². The van der Waals surface area contributed by atoms with E-state index < -0.39 is 29.6 Å². The number of likely N-dealkylation sites (tertiary alicyclic amines) is 1. The van der Waals surface area contributed by atoms with Crippen LogP contribution in [0.15, 0.2) is 30.4 Å². The van der Waals surface area contributed by atoms with Crippen molar-refractivity contribution in [3.05, 3.63) is 40.9 Å². The first kappa shape index (κ1) is 29.1. The molecule has 4 aliphatic rings. The van der Waals surface area contributed by atoms with Gasteiger partial charge in [-0.25, -0.2) is 0 Å². The molecule has 40 heavy (non-hydrogen) atoms. The van der Waals surface area contributed by atoms with Crippen molar-refractivity contribution >= 4 is 35.0 Å². The molecule has 1 spiro atoms. The van der Waals surface area contributed by atoms with Crippen LogP contribution in [0.2, 0.25) is 5.02 Å². The SMILES string of the molecule is CCCN(CCC)CCN1C(=O)[C@@H]2[C@H](C(=O)Nc3ccc(C)c(Cl)c3)[C@@H]3C=C[C@@]2(O3)[C@H]1C(=O)NC1CCCCC1. The van der Waals surface area contributed by atoms with Gasteiger partial charge in [-0.2, -0.15) is 0 Å². The maximum Gasteiger partial charge on any atom is 0.246 e. The molecule has 0 aromatic heterocycles. The van der Waals surface area contributed by atoms with Gasteiger partial charge in [0.1, 0.15) is 11.6 Å².